The van der Waals surface area contributed by atoms with Crippen LogP contribution in [0.25, 0.3) is 0 Å². The average molecular weight is 311 g/mol. The van der Waals surface area contributed by atoms with Crippen molar-refractivity contribution >= 4 is 69.6 Å². The van der Waals surface area contributed by atoms with Gasteiger partial charge in [-0.25, -0.2) is 8.78 Å². The molecule has 0 atom stereocenters. The molecule has 0 saturated carbocycles. The van der Waals surface area contributed by atoms with E-state index >= 15 is 0 Å². The van der Waals surface area contributed by atoms with E-state index in [0.29, 0.717) is 0 Å². The first-order valence-electron chi connectivity index (χ1n) is 2.76. The van der Waals surface area contributed by atoms with Crippen molar-refractivity contribution in [1.82, 2.24) is 0 Å². The minimum Gasteiger partial charge on any atom is -0.205 e. The van der Waals surface area contributed by atoms with Gasteiger partial charge in [-0.15, -0.1) is 0 Å². The molecule has 0 bridgehead atoms. The van der Waals surface area contributed by atoms with Crippen LogP contribution in [0.1, 0.15) is 0 Å². The van der Waals surface area contributed by atoms with E-state index in [9.17, 15) is 8.78 Å². The van der Waals surface area contributed by atoms with Crippen molar-refractivity contribution in [3.63, 3.8) is 0 Å². The normalized spacial score (nSPS) is 29.5. The van der Waals surface area contributed by atoms with Crippen LogP contribution in [0.2, 0.25) is 0 Å². The third-order valence-electron chi connectivity index (χ3n) is 1.53. The zero-order valence-corrected chi connectivity index (χ0v) is 10.1. The Bertz CT molecular complexity index is 255. The molecule has 0 N–H and O–H groups in total. The maximum absolute atomic E-state index is 13.0. The monoisotopic (exact) mass is 308 g/mol. The lowest BCUT2D eigenvalue weighted by Gasteiger charge is -2.31. The fraction of sp³-hybridized carbons (Fsp3) is 0.600. The molecule has 1 aliphatic rings. The van der Waals surface area contributed by atoms with Gasteiger partial charge in [-0.05, 0) is 0 Å². The zero-order chi connectivity index (χ0) is 10.7. The minimum atomic E-state index is -2.50. The predicted molar refractivity (Wildman–Crippen MR) is 52.6 cm³/mol. The maximum Gasteiger partial charge on any atom is 0.207 e. The summed E-state index contributed by atoms with van der Waals surface area (Å²) < 4.78 is 18.6. The fourth-order valence-corrected chi connectivity index (χ4v) is 2.17. The lowest BCUT2D eigenvalue weighted by Crippen LogP contribution is -2.44. The highest BCUT2D eigenvalue weighted by molar-refractivity contribution is 6.72. The summed E-state index contributed by atoms with van der Waals surface area (Å²) in [6, 6.07) is 0. The van der Waals surface area contributed by atoms with E-state index in [1.807, 2.05) is 0 Å². The molecule has 0 aromatic rings. The molecule has 0 aliphatic heterocycles. The fourth-order valence-electron chi connectivity index (χ4n) is 0.749. The van der Waals surface area contributed by atoms with Crippen LogP contribution in [0.15, 0.2) is 11.7 Å². The maximum atomic E-state index is 13.0. The van der Waals surface area contributed by atoms with E-state index in [2.05, 4.69) is 0 Å². The summed E-state index contributed by atoms with van der Waals surface area (Å²) in [5, 5.41) is 0. The highest BCUT2D eigenvalue weighted by Gasteiger charge is 2.71. The zero-order valence-electron chi connectivity index (χ0n) is 5.52. The van der Waals surface area contributed by atoms with E-state index in [1.54, 1.807) is 0 Å². The van der Waals surface area contributed by atoms with E-state index in [0.717, 1.165) is 0 Å². The Morgan fingerprint density at radius 2 is 0.923 bits per heavy atom. The summed E-state index contributed by atoms with van der Waals surface area (Å²) in [5.74, 6) is -3.16. The number of hydrogen-bond acceptors (Lipinski definition) is 0. The third-order valence-corrected chi connectivity index (χ3v) is 5.24. The molecule has 0 saturated heterocycles. The van der Waals surface area contributed by atoms with Crippen molar-refractivity contribution in [2.24, 2.45) is 0 Å². The van der Waals surface area contributed by atoms with Crippen LogP contribution in [-0.4, -0.2) is 13.0 Å². The Kier molecular flexibility index (Phi) is 3.02. The van der Waals surface area contributed by atoms with Gasteiger partial charge in [0.1, 0.15) is 0 Å². The Hall–Kier alpha value is 1.34. The molecule has 0 unspecified atom stereocenters. The Morgan fingerprint density at radius 1 is 0.692 bits per heavy atom. The second kappa shape index (κ2) is 3.16. The summed E-state index contributed by atoms with van der Waals surface area (Å²) >= 11 is 32.3. The molecule has 0 heterocycles. The van der Waals surface area contributed by atoms with Crippen LogP contribution in [0.3, 0.4) is 0 Å². The highest BCUT2D eigenvalue weighted by Crippen LogP contribution is 2.66. The Labute approximate surface area is 103 Å². The van der Waals surface area contributed by atoms with Gasteiger partial charge in [0, 0.05) is 0 Å². The number of halogens is 8. The van der Waals surface area contributed by atoms with Gasteiger partial charge in [-0.3, -0.25) is 0 Å². The smallest absolute Gasteiger partial charge is 0.205 e. The lowest BCUT2D eigenvalue weighted by atomic mass is 10.3. The number of allylic oxidation sites excluding steroid dienone is 2. The quantitative estimate of drug-likeness (QED) is 0.570. The molecule has 0 nitrogen and oxygen atoms in total. The number of hydrogen-bond donors (Lipinski definition) is 0. The second-order valence-electron chi connectivity index (χ2n) is 2.35. The first-order chi connectivity index (χ1) is 5.57. The van der Waals surface area contributed by atoms with Gasteiger partial charge >= 0.3 is 0 Å². The van der Waals surface area contributed by atoms with Crippen LogP contribution in [0.5, 0.6) is 0 Å². The first kappa shape index (κ1) is 12.4. The Morgan fingerprint density at radius 3 is 1.00 bits per heavy atom. The number of alkyl halides is 6. The van der Waals surface area contributed by atoms with E-state index in [4.69, 9.17) is 69.6 Å². The second-order valence-corrected chi connectivity index (χ2v) is 6.33. The first-order valence-corrected chi connectivity index (χ1v) is 5.03. The molecule has 0 fully saturated rings. The molecule has 0 amide bonds. The molecule has 76 valence electrons. The van der Waals surface area contributed by atoms with E-state index < -0.39 is 24.7 Å². The molecule has 1 rings (SSSR count). The van der Waals surface area contributed by atoms with Crippen LogP contribution in [0.4, 0.5) is 8.78 Å². The summed E-state index contributed by atoms with van der Waals surface area (Å²) in [5.41, 5.74) is 0. The topological polar surface area (TPSA) is 0 Å². The third kappa shape index (κ3) is 1.37. The van der Waals surface area contributed by atoms with Gasteiger partial charge in [0.05, 0.1) is 0 Å². The standard InChI is InChI=1S/C5Cl6F2/c6-3(7)1(12)2(13)4(8,9)5(3,10)11. The average Bonchev–Trinajstić information content (AvgIpc) is 2.05. The summed E-state index contributed by atoms with van der Waals surface area (Å²) in [6.45, 7) is 0. The molecule has 0 aromatic carbocycles. The molecule has 0 aromatic heterocycles. The molecule has 1 aliphatic carbocycles. The molecule has 8 heteroatoms. The van der Waals surface area contributed by atoms with Crippen molar-refractivity contribution in [3.8, 4) is 0 Å². The van der Waals surface area contributed by atoms with Crippen molar-refractivity contribution in [2.45, 2.75) is 13.0 Å². The van der Waals surface area contributed by atoms with Crippen molar-refractivity contribution in [1.29, 1.82) is 0 Å². The molecular formula is C5Cl6F2. The molecule has 0 spiro atoms. The Balaban J connectivity index is 3.39. The molecule has 13 heavy (non-hydrogen) atoms. The van der Waals surface area contributed by atoms with Gasteiger partial charge in [-0.2, -0.15) is 0 Å². The van der Waals surface area contributed by atoms with E-state index in [1.165, 1.54) is 0 Å². The van der Waals surface area contributed by atoms with Crippen molar-refractivity contribution < 1.29 is 8.78 Å². The van der Waals surface area contributed by atoms with Gasteiger partial charge in [0.15, 0.2) is 16.0 Å². The van der Waals surface area contributed by atoms with Crippen LogP contribution in [-0.2, 0) is 0 Å². The summed E-state index contributed by atoms with van der Waals surface area (Å²) in [7, 11) is 0. The van der Waals surface area contributed by atoms with Crippen LogP contribution < -0.4 is 0 Å². The molecule has 0 radical (unpaired) electrons. The van der Waals surface area contributed by atoms with Crippen molar-refractivity contribution in [3.05, 3.63) is 11.7 Å². The predicted octanol–water partition coefficient (Wildman–Crippen LogP) is 4.67. The SMILES string of the molecule is FC1=C(F)C(Cl)(Cl)C(Cl)(Cl)C1(Cl)Cl. The minimum absolute atomic E-state index is 1.58. The molecular weight excluding hydrogens is 311 g/mol. The largest absolute Gasteiger partial charge is 0.207 e. The summed E-state index contributed by atoms with van der Waals surface area (Å²) in [6.07, 6.45) is 0. The van der Waals surface area contributed by atoms with Gasteiger partial charge in [0.2, 0.25) is 8.67 Å². The summed E-state index contributed by atoms with van der Waals surface area (Å²) in [4.78, 5) is 0. The van der Waals surface area contributed by atoms with Crippen molar-refractivity contribution in [2.75, 3.05) is 0 Å². The van der Waals surface area contributed by atoms with E-state index in [-0.39, 0.29) is 0 Å². The number of rotatable bonds is 0. The van der Waals surface area contributed by atoms with Crippen LogP contribution in [0, 0.1) is 0 Å². The van der Waals surface area contributed by atoms with Gasteiger partial charge < -0.3 is 0 Å². The lowest BCUT2D eigenvalue weighted by molar-refractivity contribution is 0.530. The van der Waals surface area contributed by atoms with Crippen LogP contribution >= 0.6 is 69.6 Å². The van der Waals surface area contributed by atoms with Gasteiger partial charge in [0.25, 0.3) is 0 Å². The highest BCUT2D eigenvalue weighted by atomic mass is 35.5. The van der Waals surface area contributed by atoms with Gasteiger partial charge in [-0.1, -0.05) is 69.6 Å².